The van der Waals surface area contributed by atoms with E-state index in [4.69, 9.17) is 21.1 Å². The predicted octanol–water partition coefficient (Wildman–Crippen LogP) is -1.82. The number of aromatic carboxylic acids is 1. The molecular weight excluding hydrogens is 307 g/mol. The van der Waals surface area contributed by atoms with E-state index in [0.29, 0.717) is 0 Å². The van der Waals surface area contributed by atoms with Gasteiger partial charge in [-0.15, -0.1) is 0 Å². The number of carboxylic acid groups (broad SMARTS) is 1. The van der Waals surface area contributed by atoms with E-state index in [-0.39, 0.29) is 63.3 Å². The van der Waals surface area contributed by atoms with Gasteiger partial charge in [0.2, 0.25) is 11.8 Å². The first-order valence-corrected chi connectivity index (χ1v) is 5.92. The molecule has 0 radical (unpaired) electrons. The fourth-order valence-corrected chi connectivity index (χ4v) is 1.90. The third-order valence-corrected chi connectivity index (χ3v) is 2.87. The Bertz CT molecular complexity index is 644. The fraction of sp³-hybridized carbons (Fsp3) is 0.154. The molecule has 0 spiro atoms. The summed E-state index contributed by atoms with van der Waals surface area (Å²) in [6.07, 6.45) is 0. The minimum atomic E-state index is -1.41. The van der Waals surface area contributed by atoms with Crippen LogP contribution in [0.25, 0.3) is 11.4 Å². The van der Waals surface area contributed by atoms with E-state index < -0.39 is 5.97 Å². The molecule has 1 aromatic heterocycles. The SMILES string of the molecule is COc1cc(OC)nc(-c2cccc(Cl)c2C(=O)[O-])n1.[Na+]. The summed E-state index contributed by atoms with van der Waals surface area (Å²) in [6, 6.07) is 6.06. The van der Waals surface area contributed by atoms with E-state index in [1.807, 2.05) is 0 Å². The molecule has 0 aliphatic carbocycles. The molecule has 8 heteroatoms. The molecule has 0 bridgehead atoms. The Morgan fingerprint density at radius 2 is 1.76 bits per heavy atom. The van der Waals surface area contributed by atoms with Crippen molar-refractivity contribution in [1.29, 1.82) is 0 Å². The molecule has 1 heterocycles. The molecule has 2 aromatic rings. The molecule has 0 saturated carbocycles. The zero-order valence-corrected chi connectivity index (χ0v) is 14.5. The molecular formula is C13H10ClN2NaO4. The maximum absolute atomic E-state index is 11.2. The van der Waals surface area contributed by atoms with Crippen molar-refractivity contribution in [3.63, 3.8) is 0 Å². The van der Waals surface area contributed by atoms with Crippen molar-refractivity contribution in [1.82, 2.24) is 9.97 Å². The van der Waals surface area contributed by atoms with E-state index in [0.717, 1.165) is 0 Å². The smallest absolute Gasteiger partial charge is 0.545 e. The molecule has 21 heavy (non-hydrogen) atoms. The molecule has 2 rings (SSSR count). The monoisotopic (exact) mass is 316 g/mol. The van der Waals surface area contributed by atoms with Gasteiger partial charge in [0, 0.05) is 11.1 Å². The molecule has 0 N–H and O–H groups in total. The van der Waals surface area contributed by atoms with Gasteiger partial charge in [0.25, 0.3) is 0 Å². The van der Waals surface area contributed by atoms with Crippen molar-refractivity contribution in [2.24, 2.45) is 0 Å². The van der Waals surface area contributed by atoms with Crippen molar-refractivity contribution >= 4 is 17.6 Å². The number of methoxy groups -OCH3 is 2. The third-order valence-electron chi connectivity index (χ3n) is 2.56. The first-order valence-electron chi connectivity index (χ1n) is 5.54. The molecule has 0 saturated heterocycles. The summed E-state index contributed by atoms with van der Waals surface area (Å²) in [7, 11) is 2.87. The van der Waals surface area contributed by atoms with Crippen LogP contribution >= 0.6 is 11.6 Å². The molecule has 104 valence electrons. The first-order chi connectivity index (χ1) is 9.56. The number of hydrogen-bond acceptors (Lipinski definition) is 6. The van der Waals surface area contributed by atoms with Crippen LogP contribution in [-0.2, 0) is 0 Å². The number of carbonyl (C=O) groups excluding carboxylic acids is 1. The number of rotatable bonds is 4. The number of halogens is 1. The van der Waals surface area contributed by atoms with Crippen molar-refractivity contribution in [2.75, 3.05) is 14.2 Å². The van der Waals surface area contributed by atoms with E-state index in [1.165, 1.54) is 32.4 Å². The van der Waals surface area contributed by atoms with Gasteiger partial charge in [0.1, 0.15) is 0 Å². The number of carbonyl (C=O) groups is 1. The number of carboxylic acids is 1. The van der Waals surface area contributed by atoms with E-state index in [1.54, 1.807) is 6.07 Å². The van der Waals surface area contributed by atoms with Gasteiger partial charge < -0.3 is 19.4 Å². The second-order valence-electron chi connectivity index (χ2n) is 3.73. The van der Waals surface area contributed by atoms with Gasteiger partial charge in [-0.05, 0) is 6.07 Å². The Kier molecular flexibility index (Phi) is 6.42. The second kappa shape index (κ2) is 7.61. The van der Waals surface area contributed by atoms with Crippen LogP contribution in [0.3, 0.4) is 0 Å². The molecule has 1 aromatic carbocycles. The minimum Gasteiger partial charge on any atom is -0.545 e. The Hall–Kier alpha value is -1.34. The first kappa shape index (κ1) is 17.7. The molecule has 0 aliphatic rings. The Labute approximate surface area is 148 Å². The summed E-state index contributed by atoms with van der Waals surface area (Å²) in [4.78, 5) is 19.4. The number of aromatic nitrogens is 2. The third kappa shape index (κ3) is 3.85. The van der Waals surface area contributed by atoms with Crippen molar-refractivity contribution in [3.8, 4) is 23.1 Å². The normalized spacial score (nSPS) is 9.67. The maximum atomic E-state index is 11.2. The standard InChI is InChI=1S/C13H11ClN2O4.Na/c1-19-9-6-10(20-2)16-12(15-9)7-4-3-5-8(14)11(7)13(17)18;/h3-6H,1-2H3,(H,17,18);/q;+1/p-1. The molecule has 0 aliphatic heterocycles. The van der Waals surface area contributed by atoms with Crippen LogP contribution in [0.1, 0.15) is 10.4 Å². The molecule has 6 nitrogen and oxygen atoms in total. The van der Waals surface area contributed by atoms with E-state index in [9.17, 15) is 9.90 Å². The summed E-state index contributed by atoms with van der Waals surface area (Å²) in [6.45, 7) is 0. The summed E-state index contributed by atoms with van der Waals surface area (Å²) in [5, 5.41) is 11.3. The van der Waals surface area contributed by atoms with E-state index in [2.05, 4.69) is 9.97 Å². The summed E-state index contributed by atoms with van der Waals surface area (Å²) in [5.74, 6) is -0.786. The fourth-order valence-electron chi connectivity index (χ4n) is 1.65. The number of hydrogen-bond donors (Lipinski definition) is 0. The number of benzene rings is 1. The number of ether oxygens (including phenoxy) is 2. The van der Waals surface area contributed by atoms with Crippen LogP contribution in [0.5, 0.6) is 11.8 Å². The van der Waals surface area contributed by atoms with Crippen LogP contribution < -0.4 is 44.1 Å². The average molecular weight is 317 g/mol. The Balaban J connectivity index is 0.00000220. The molecule has 0 atom stereocenters. The van der Waals surface area contributed by atoms with Crippen LogP contribution in [0.4, 0.5) is 0 Å². The Morgan fingerprint density at radius 1 is 1.19 bits per heavy atom. The largest absolute Gasteiger partial charge is 1.00 e. The molecule has 0 fully saturated rings. The van der Waals surface area contributed by atoms with Gasteiger partial charge in [-0.1, -0.05) is 23.7 Å². The van der Waals surface area contributed by atoms with Crippen molar-refractivity contribution < 1.29 is 48.9 Å². The van der Waals surface area contributed by atoms with Gasteiger partial charge in [0.05, 0.1) is 31.3 Å². The quantitative estimate of drug-likeness (QED) is 0.618. The Morgan fingerprint density at radius 3 is 2.24 bits per heavy atom. The topological polar surface area (TPSA) is 84.4 Å². The van der Waals surface area contributed by atoms with Gasteiger partial charge >= 0.3 is 29.6 Å². The van der Waals surface area contributed by atoms with Crippen LogP contribution in [0.2, 0.25) is 5.02 Å². The minimum absolute atomic E-state index is 0. The average Bonchev–Trinajstić information content (AvgIpc) is 2.45. The molecule has 0 unspecified atom stereocenters. The molecule has 0 amide bonds. The van der Waals surface area contributed by atoms with Crippen molar-refractivity contribution in [2.45, 2.75) is 0 Å². The zero-order valence-electron chi connectivity index (χ0n) is 11.7. The van der Waals surface area contributed by atoms with Gasteiger partial charge in [-0.25, -0.2) is 0 Å². The second-order valence-corrected chi connectivity index (χ2v) is 4.13. The summed E-state index contributed by atoms with van der Waals surface area (Å²) >= 11 is 5.88. The summed E-state index contributed by atoms with van der Waals surface area (Å²) < 4.78 is 10.0. The van der Waals surface area contributed by atoms with Crippen LogP contribution in [-0.4, -0.2) is 30.2 Å². The summed E-state index contributed by atoms with van der Waals surface area (Å²) in [5.41, 5.74) is 0.0548. The van der Waals surface area contributed by atoms with Crippen molar-refractivity contribution in [3.05, 3.63) is 34.9 Å². The van der Waals surface area contributed by atoms with Gasteiger partial charge in [0.15, 0.2) is 5.82 Å². The predicted molar refractivity (Wildman–Crippen MR) is 69.9 cm³/mol. The van der Waals surface area contributed by atoms with Crippen LogP contribution in [0, 0.1) is 0 Å². The number of nitrogens with zero attached hydrogens (tertiary/aromatic N) is 2. The zero-order chi connectivity index (χ0) is 14.7. The van der Waals surface area contributed by atoms with Crippen LogP contribution in [0.15, 0.2) is 24.3 Å². The van der Waals surface area contributed by atoms with Gasteiger partial charge in [-0.3, -0.25) is 0 Å². The van der Waals surface area contributed by atoms with E-state index >= 15 is 0 Å². The maximum Gasteiger partial charge on any atom is 1.00 e. The van der Waals surface area contributed by atoms with Gasteiger partial charge in [-0.2, -0.15) is 9.97 Å².